The van der Waals surface area contributed by atoms with Gasteiger partial charge >= 0.3 is 0 Å². The Bertz CT molecular complexity index is 249. The van der Waals surface area contributed by atoms with Crippen LogP contribution in [0, 0.1) is 0 Å². The first-order valence-electron chi connectivity index (χ1n) is 3.56. The standard InChI is InChI=1S/C8H12N2O/c1-7(11)8(2,3)10-6-4-5-9-10/h4-6H,1-3H3. The minimum Gasteiger partial charge on any atom is -0.297 e. The summed E-state index contributed by atoms with van der Waals surface area (Å²) in [5.74, 6) is 0.112. The van der Waals surface area contributed by atoms with E-state index in [0.29, 0.717) is 0 Å². The van der Waals surface area contributed by atoms with E-state index < -0.39 is 5.54 Å². The topological polar surface area (TPSA) is 34.9 Å². The molecular formula is C8H12N2O. The molecule has 11 heavy (non-hydrogen) atoms. The van der Waals surface area contributed by atoms with Crippen molar-refractivity contribution in [2.75, 3.05) is 0 Å². The summed E-state index contributed by atoms with van der Waals surface area (Å²) < 4.78 is 1.66. The third kappa shape index (κ3) is 1.31. The Morgan fingerprint density at radius 2 is 2.18 bits per heavy atom. The Morgan fingerprint density at radius 3 is 2.55 bits per heavy atom. The maximum Gasteiger partial charge on any atom is 0.156 e. The first-order valence-corrected chi connectivity index (χ1v) is 3.56. The van der Waals surface area contributed by atoms with Crippen molar-refractivity contribution in [3.8, 4) is 0 Å². The van der Waals surface area contributed by atoms with Crippen molar-refractivity contribution in [1.29, 1.82) is 0 Å². The van der Waals surface area contributed by atoms with E-state index in [4.69, 9.17) is 0 Å². The molecule has 0 spiro atoms. The SMILES string of the molecule is CC(=O)C(C)(C)n1cccn1. The number of Topliss-reactive ketones (excluding diaryl/α,β-unsaturated/α-hetero) is 1. The third-order valence-corrected chi connectivity index (χ3v) is 1.94. The van der Waals surface area contributed by atoms with Crippen LogP contribution in [0.2, 0.25) is 0 Å². The lowest BCUT2D eigenvalue weighted by molar-refractivity contribution is -0.124. The smallest absolute Gasteiger partial charge is 0.156 e. The van der Waals surface area contributed by atoms with Crippen LogP contribution < -0.4 is 0 Å². The highest BCUT2D eigenvalue weighted by Gasteiger charge is 2.25. The van der Waals surface area contributed by atoms with Crippen LogP contribution in [-0.2, 0) is 10.3 Å². The Hall–Kier alpha value is -1.12. The van der Waals surface area contributed by atoms with E-state index in [1.165, 1.54) is 0 Å². The van der Waals surface area contributed by atoms with Crippen LogP contribution >= 0.6 is 0 Å². The summed E-state index contributed by atoms with van der Waals surface area (Å²) in [7, 11) is 0. The lowest BCUT2D eigenvalue weighted by atomic mass is 10.0. The van der Waals surface area contributed by atoms with Crippen molar-refractivity contribution in [2.24, 2.45) is 0 Å². The molecule has 1 heterocycles. The molecule has 0 aromatic carbocycles. The highest BCUT2D eigenvalue weighted by Crippen LogP contribution is 2.13. The van der Waals surface area contributed by atoms with Crippen molar-refractivity contribution in [2.45, 2.75) is 26.3 Å². The molecule has 1 aromatic rings. The third-order valence-electron chi connectivity index (χ3n) is 1.94. The van der Waals surface area contributed by atoms with Crippen LogP contribution in [0.3, 0.4) is 0 Å². The second kappa shape index (κ2) is 2.49. The first-order chi connectivity index (χ1) is 5.05. The molecular weight excluding hydrogens is 140 g/mol. The summed E-state index contributed by atoms with van der Waals surface area (Å²) in [5, 5.41) is 4.00. The molecule has 1 aromatic heterocycles. The van der Waals surface area contributed by atoms with Crippen molar-refractivity contribution in [3.63, 3.8) is 0 Å². The molecule has 0 unspecified atom stereocenters. The molecule has 1 rings (SSSR count). The average Bonchev–Trinajstić information content (AvgIpc) is 2.37. The van der Waals surface area contributed by atoms with E-state index in [-0.39, 0.29) is 5.78 Å². The van der Waals surface area contributed by atoms with Gasteiger partial charge < -0.3 is 0 Å². The quantitative estimate of drug-likeness (QED) is 0.638. The summed E-state index contributed by atoms with van der Waals surface area (Å²) in [6, 6.07) is 1.81. The van der Waals surface area contributed by atoms with Gasteiger partial charge in [0, 0.05) is 12.4 Å². The highest BCUT2D eigenvalue weighted by atomic mass is 16.1. The highest BCUT2D eigenvalue weighted by molar-refractivity contribution is 5.83. The van der Waals surface area contributed by atoms with E-state index in [2.05, 4.69) is 5.10 Å². The zero-order valence-electron chi connectivity index (χ0n) is 7.03. The number of carbonyl (C=O) groups excluding carboxylic acids is 1. The van der Waals surface area contributed by atoms with Gasteiger partial charge in [0.05, 0.1) is 0 Å². The number of nitrogens with zero attached hydrogens (tertiary/aromatic N) is 2. The Kier molecular flexibility index (Phi) is 1.81. The van der Waals surface area contributed by atoms with Crippen LogP contribution in [0.1, 0.15) is 20.8 Å². The summed E-state index contributed by atoms with van der Waals surface area (Å²) in [4.78, 5) is 11.1. The van der Waals surface area contributed by atoms with Crippen LogP contribution in [0.15, 0.2) is 18.5 Å². The van der Waals surface area contributed by atoms with Crippen LogP contribution in [0.25, 0.3) is 0 Å². The second-order valence-corrected chi connectivity index (χ2v) is 3.07. The average molecular weight is 152 g/mol. The molecule has 0 aliphatic heterocycles. The van der Waals surface area contributed by atoms with E-state index in [9.17, 15) is 4.79 Å². The van der Waals surface area contributed by atoms with E-state index in [0.717, 1.165) is 0 Å². The number of rotatable bonds is 2. The molecule has 3 nitrogen and oxygen atoms in total. The van der Waals surface area contributed by atoms with Crippen molar-refractivity contribution in [1.82, 2.24) is 9.78 Å². The summed E-state index contributed by atoms with van der Waals surface area (Å²) in [5.41, 5.74) is -0.510. The minimum atomic E-state index is -0.510. The second-order valence-electron chi connectivity index (χ2n) is 3.07. The van der Waals surface area contributed by atoms with Gasteiger partial charge in [-0.1, -0.05) is 0 Å². The number of aromatic nitrogens is 2. The first kappa shape index (κ1) is 7.98. The Balaban J connectivity index is 3.00. The fourth-order valence-electron chi connectivity index (χ4n) is 0.761. The summed E-state index contributed by atoms with van der Waals surface area (Å²) in [6.45, 7) is 5.27. The molecule has 0 N–H and O–H groups in total. The lowest BCUT2D eigenvalue weighted by Gasteiger charge is -2.21. The number of hydrogen-bond donors (Lipinski definition) is 0. The number of ketones is 1. The predicted molar refractivity (Wildman–Crippen MR) is 42.2 cm³/mol. The van der Waals surface area contributed by atoms with Gasteiger partial charge in [0.25, 0.3) is 0 Å². The summed E-state index contributed by atoms with van der Waals surface area (Å²) in [6.07, 6.45) is 3.46. The molecule has 0 radical (unpaired) electrons. The molecule has 0 bridgehead atoms. The van der Waals surface area contributed by atoms with Crippen molar-refractivity contribution < 1.29 is 4.79 Å². The number of carbonyl (C=O) groups is 1. The van der Waals surface area contributed by atoms with Crippen LogP contribution in [-0.4, -0.2) is 15.6 Å². The predicted octanol–water partition coefficient (Wildman–Crippen LogP) is 1.21. The van der Waals surface area contributed by atoms with Gasteiger partial charge in [-0.15, -0.1) is 0 Å². The maximum absolute atomic E-state index is 11.1. The fraction of sp³-hybridized carbons (Fsp3) is 0.500. The molecule has 0 atom stereocenters. The molecule has 60 valence electrons. The normalized spacial score (nSPS) is 11.5. The zero-order chi connectivity index (χ0) is 8.48. The van der Waals surface area contributed by atoms with Gasteiger partial charge in [0.1, 0.15) is 5.54 Å². The van der Waals surface area contributed by atoms with E-state index >= 15 is 0 Å². The number of hydrogen-bond acceptors (Lipinski definition) is 2. The van der Waals surface area contributed by atoms with E-state index in [1.54, 1.807) is 24.0 Å². The minimum absolute atomic E-state index is 0.112. The van der Waals surface area contributed by atoms with Gasteiger partial charge in [-0.2, -0.15) is 5.10 Å². The maximum atomic E-state index is 11.1. The van der Waals surface area contributed by atoms with Gasteiger partial charge in [0.15, 0.2) is 5.78 Å². The molecule has 0 amide bonds. The van der Waals surface area contributed by atoms with Gasteiger partial charge in [-0.3, -0.25) is 9.48 Å². The molecule has 0 saturated heterocycles. The Labute approximate surface area is 66.0 Å². The van der Waals surface area contributed by atoms with Gasteiger partial charge in [0.2, 0.25) is 0 Å². The van der Waals surface area contributed by atoms with Gasteiger partial charge in [-0.05, 0) is 26.8 Å². The van der Waals surface area contributed by atoms with Crippen LogP contribution in [0.5, 0.6) is 0 Å². The molecule has 0 fully saturated rings. The van der Waals surface area contributed by atoms with Gasteiger partial charge in [-0.25, -0.2) is 0 Å². The van der Waals surface area contributed by atoms with Crippen molar-refractivity contribution in [3.05, 3.63) is 18.5 Å². The Morgan fingerprint density at radius 1 is 1.55 bits per heavy atom. The van der Waals surface area contributed by atoms with Crippen LogP contribution in [0.4, 0.5) is 0 Å². The lowest BCUT2D eigenvalue weighted by Crippen LogP contribution is -2.34. The monoisotopic (exact) mass is 152 g/mol. The fourth-order valence-corrected chi connectivity index (χ4v) is 0.761. The molecule has 0 saturated carbocycles. The van der Waals surface area contributed by atoms with E-state index in [1.807, 2.05) is 19.9 Å². The largest absolute Gasteiger partial charge is 0.297 e. The summed E-state index contributed by atoms with van der Waals surface area (Å²) >= 11 is 0. The molecule has 0 aliphatic carbocycles. The van der Waals surface area contributed by atoms with Crippen molar-refractivity contribution >= 4 is 5.78 Å². The molecule has 0 aliphatic rings. The molecule has 3 heteroatoms. The zero-order valence-corrected chi connectivity index (χ0v) is 7.03.